The van der Waals surface area contributed by atoms with E-state index >= 15 is 0 Å². The van der Waals surface area contributed by atoms with Crippen molar-refractivity contribution in [3.63, 3.8) is 0 Å². The molecule has 0 saturated heterocycles. The average molecular weight is 648 g/mol. The van der Waals surface area contributed by atoms with Gasteiger partial charge in [0.15, 0.2) is 0 Å². The van der Waals surface area contributed by atoms with E-state index in [0.29, 0.717) is 0 Å². The minimum absolute atomic E-state index is 1.11. The Morgan fingerprint density at radius 1 is 0.235 bits per heavy atom. The molecule has 9 aromatic carbocycles. The molecule has 1 heteroatoms. The van der Waals surface area contributed by atoms with Crippen LogP contribution in [0.15, 0.2) is 200 Å². The van der Waals surface area contributed by atoms with Gasteiger partial charge in [-0.05, 0) is 114 Å². The smallest absolute Gasteiger partial charge is 0.0462 e. The summed E-state index contributed by atoms with van der Waals surface area (Å²) in [5.41, 5.74) is 16.0. The molecule has 10 rings (SSSR count). The van der Waals surface area contributed by atoms with Crippen molar-refractivity contribution in [2.75, 3.05) is 4.90 Å². The number of rotatable bonds is 5. The molecule has 1 aliphatic carbocycles. The van der Waals surface area contributed by atoms with E-state index in [1.807, 2.05) is 0 Å². The molecule has 0 fully saturated rings. The molecule has 0 saturated carbocycles. The summed E-state index contributed by atoms with van der Waals surface area (Å²) in [6.07, 6.45) is 0. The zero-order valence-corrected chi connectivity index (χ0v) is 28.0. The molecule has 238 valence electrons. The summed E-state index contributed by atoms with van der Waals surface area (Å²) in [5.74, 6) is 0. The lowest BCUT2D eigenvalue weighted by molar-refractivity contribution is 1.28. The molecule has 1 aliphatic rings. The number of para-hydroxylation sites is 1. The van der Waals surface area contributed by atoms with Gasteiger partial charge in [-0.2, -0.15) is 0 Å². The predicted molar refractivity (Wildman–Crippen MR) is 217 cm³/mol. The minimum atomic E-state index is 1.11. The van der Waals surface area contributed by atoms with Crippen molar-refractivity contribution in [3.05, 3.63) is 200 Å². The summed E-state index contributed by atoms with van der Waals surface area (Å²) in [7, 11) is 0. The third-order valence-electron chi connectivity index (χ3n) is 10.4. The van der Waals surface area contributed by atoms with E-state index in [-0.39, 0.29) is 0 Å². The van der Waals surface area contributed by atoms with Crippen molar-refractivity contribution < 1.29 is 0 Å². The molecule has 0 bridgehead atoms. The second-order valence-corrected chi connectivity index (χ2v) is 13.2. The van der Waals surface area contributed by atoms with Crippen LogP contribution >= 0.6 is 0 Å². The van der Waals surface area contributed by atoms with E-state index in [1.54, 1.807) is 0 Å². The van der Waals surface area contributed by atoms with Gasteiger partial charge in [0.25, 0.3) is 0 Å². The molecule has 0 aromatic heterocycles. The molecule has 0 N–H and O–H groups in total. The van der Waals surface area contributed by atoms with Gasteiger partial charge in [0.05, 0.1) is 0 Å². The normalized spacial score (nSPS) is 11.5. The Balaban J connectivity index is 1.17. The van der Waals surface area contributed by atoms with Crippen molar-refractivity contribution in [2.24, 2.45) is 0 Å². The largest absolute Gasteiger partial charge is 0.311 e. The van der Waals surface area contributed by atoms with Crippen LogP contribution in [0.5, 0.6) is 0 Å². The summed E-state index contributed by atoms with van der Waals surface area (Å²) in [4.78, 5) is 2.34. The summed E-state index contributed by atoms with van der Waals surface area (Å²) >= 11 is 0. The monoisotopic (exact) mass is 647 g/mol. The molecule has 0 amide bonds. The lowest BCUT2D eigenvalue weighted by Crippen LogP contribution is -2.09. The molecule has 9 aromatic rings. The SMILES string of the molecule is c1ccc(-c2ccc(N(c3ccccc3)c3ccc(-c4c5ccccc5c5c6c(cccc46)-c4ccccc4-c4ccccc4-5)cc3)cc2)cc1. The number of benzene rings is 9. The fraction of sp³-hybridized carbons (Fsp3) is 0. The van der Waals surface area contributed by atoms with Crippen LogP contribution in [0.25, 0.3) is 77.2 Å². The summed E-state index contributed by atoms with van der Waals surface area (Å²) < 4.78 is 0. The highest BCUT2D eigenvalue weighted by Crippen LogP contribution is 2.52. The van der Waals surface area contributed by atoms with E-state index in [0.717, 1.165) is 17.1 Å². The zero-order chi connectivity index (χ0) is 33.7. The van der Waals surface area contributed by atoms with Gasteiger partial charge in [0.1, 0.15) is 0 Å². The third-order valence-corrected chi connectivity index (χ3v) is 10.4. The first-order valence-electron chi connectivity index (χ1n) is 17.6. The van der Waals surface area contributed by atoms with E-state index in [1.165, 1.54) is 77.2 Å². The van der Waals surface area contributed by atoms with Gasteiger partial charge >= 0.3 is 0 Å². The van der Waals surface area contributed by atoms with Crippen LogP contribution in [-0.4, -0.2) is 0 Å². The quantitative estimate of drug-likeness (QED) is 0.168. The van der Waals surface area contributed by atoms with E-state index in [2.05, 4.69) is 205 Å². The van der Waals surface area contributed by atoms with Crippen molar-refractivity contribution in [3.8, 4) is 55.6 Å². The van der Waals surface area contributed by atoms with E-state index in [9.17, 15) is 0 Å². The van der Waals surface area contributed by atoms with E-state index in [4.69, 9.17) is 0 Å². The van der Waals surface area contributed by atoms with Crippen LogP contribution in [-0.2, 0) is 0 Å². The molecule has 0 atom stereocenters. The Labute approximate surface area is 298 Å². The first-order chi connectivity index (χ1) is 25.3. The second-order valence-electron chi connectivity index (χ2n) is 13.2. The second kappa shape index (κ2) is 12.0. The number of fused-ring (bicyclic) bond motifs is 7. The minimum Gasteiger partial charge on any atom is -0.311 e. The first-order valence-corrected chi connectivity index (χ1v) is 17.6. The number of nitrogens with zero attached hydrogens (tertiary/aromatic N) is 1. The van der Waals surface area contributed by atoms with Gasteiger partial charge in [0, 0.05) is 17.1 Å². The van der Waals surface area contributed by atoms with Crippen molar-refractivity contribution in [2.45, 2.75) is 0 Å². The van der Waals surface area contributed by atoms with Crippen LogP contribution in [0.1, 0.15) is 0 Å². The highest BCUT2D eigenvalue weighted by molar-refractivity contribution is 6.27. The molecule has 1 nitrogen and oxygen atoms in total. The summed E-state index contributed by atoms with van der Waals surface area (Å²) in [6.45, 7) is 0. The molecule has 0 spiro atoms. The molecule has 51 heavy (non-hydrogen) atoms. The molecular weight excluding hydrogens is 615 g/mol. The molecule has 0 heterocycles. The Morgan fingerprint density at radius 3 is 1.29 bits per heavy atom. The maximum atomic E-state index is 2.34. The number of anilines is 3. The Bertz CT molecular complexity index is 2710. The standard InChI is InChI=1S/C50H33N/c1-3-14-34(15-4-1)35-26-30-38(31-27-35)51(37-16-5-2-6-17-37)39-32-28-36(29-33-39)48-45-22-11-12-23-46(45)49-43-21-10-9-20-41(43)40-18-7-8-19-42(40)44-24-13-25-47(48)50(44)49/h1-33H. The molecule has 0 radical (unpaired) electrons. The Kier molecular flexibility index (Phi) is 6.89. The predicted octanol–water partition coefficient (Wildman–Crippen LogP) is 14.1. The number of hydrogen-bond acceptors (Lipinski definition) is 1. The van der Waals surface area contributed by atoms with Crippen molar-refractivity contribution in [1.29, 1.82) is 0 Å². The van der Waals surface area contributed by atoms with E-state index < -0.39 is 0 Å². The van der Waals surface area contributed by atoms with Crippen molar-refractivity contribution >= 4 is 38.6 Å². The van der Waals surface area contributed by atoms with Gasteiger partial charge < -0.3 is 4.90 Å². The fourth-order valence-electron chi connectivity index (χ4n) is 8.17. The average Bonchev–Trinajstić information content (AvgIpc) is 3.33. The zero-order valence-electron chi connectivity index (χ0n) is 28.0. The van der Waals surface area contributed by atoms with Crippen LogP contribution < -0.4 is 4.90 Å². The molecular formula is C50H33N. The Morgan fingerprint density at radius 2 is 0.647 bits per heavy atom. The Hall–Kier alpha value is -6.70. The maximum absolute atomic E-state index is 2.34. The van der Waals surface area contributed by atoms with Crippen molar-refractivity contribution in [1.82, 2.24) is 0 Å². The van der Waals surface area contributed by atoms with Gasteiger partial charge in [-0.15, -0.1) is 0 Å². The van der Waals surface area contributed by atoms with Gasteiger partial charge in [0.2, 0.25) is 0 Å². The van der Waals surface area contributed by atoms with Crippen LogP contribution in [0.3, 0.4) is 0 Å². The van der Waals surface area contributed by atoms with Crippen LogP contribution in [0.2, 0.25) is 0 Å². The van der Waals surface area contributed by atoms with Crippen LogP contribution in [0.4, 0.5) is 17.1 Å². The maximum Gasteiger partial charge on any atom is 0.0462 e. The van der Waals surface area contributed by atoms with Gasteiger partial charge in [-0.1, -0.05) is 164 Å². The lowest BCUT2D eigenvalue weighted by atomic mass is 9.84. The highest BCUT2D eigenvalue weighted by Gasteiger charge is 2.25. The lowest BCUT2D eigenvalue weighted by Gasteiger charge is -2.26. The van der Waals surface area contributed by atoms with Crippen LogP contribution in [0, 0.1) is 0 Å². The third kappa shape index (κ3) is 4.78. The number of hydrogen-bond donors (Lipinski definition) is 0. The van der Waals surface area contributed by atoms with Gasteiger partial charge in [-0.25, -0.2) is 0 Å². The first kappa shape index (κ1) is 29.2. The fourth-order valence-corrected chi connectivity index (χ4v) is 8.17. The molecule has 0 unspecified atom stereocenters. The summed E-state index contributed by atoms with van der Waals surface area (Å²) in [5, 5.41) is 5.14. The van der Waals surface area contributed by atoms with Gasteiger partial charge in [-0.3, -0.25) is 0 Å². The molecule has 0 aliphatic heterocycles. The topological polar surface area (TPSA) is 3.24 Å². The summed E-state index contributed by atoms with van der Waals surface area (Å²) in [6, 6.07) is 72.9. The highest BCUT2D eigenvalue weighted by atomic mass is 15.1.